The number of aromatic hydroxyl groups is 1. The van der Waals surface area contributed by atoms with Crippen LogP contribution in [-0.4, -0.2) is 11.0 Å². The highest BCUT2D eigenvalue weighted by Gasteiger charge is 2.06. The fourth-order valence-electron chi connectivity index (χ4n) is 2.74. The zero-order valence-electron chi connectivity index (χ0n) is 14.7. The molecular formula is C23H19NO2. The molecule has 0 atom stereocenters. The van der Waals surface area contributed by atoms with Gasteiger partial charge >= 0.3 is 0 Å². The number of primary amides is 1. The molecule has 0 spiro atoms. The number of hydrogen-bond acceptors (Lipinski definition) is 2. The van der Waals surface area contributed by atoms with Crippen LogP contribution in [0.5, 0.6) is 5.75 Å². The van der Waals surface area contributed by atoms with Gasteiger partial charge in [-0.3, -0.25) is 4.79 Å². The predicted octanol–water partition coefficient (Wildman–Crippen LogP) is 4.17. The van der Waals surface area contributed by atoms with E-state index in [9.17, 15) is 9.90 Å². The SMILES string of the molecule is Cc1ccc(C#Cc2ccc(O)cc2C)c(-c2ccc(C(N)=O)cc2)c1. The lowest BCUT2D eigenvalue weighted by molar-refractivity contribution is 0.100. The van der Waals surface area contributed by atoms with E-state index in [1.54, 1.807) is 24.3 Å². The molecule has 0 saturated heterocycles. The van der Waals surface area contributed by atoms with Crippen LogP contribution in [0.25, 0.3) is 11.1 Å². The summed E-state index contributed by atoms with van der Waals surface area (Å²) < 4.78 is 0. The molecule has 0 heterocycles. The number of nitrogens with two attached hydrogens (primary N) is 1. The molecule has 3 N–H and O–H groups in total. The van der Waals surface area contributed by atoms with Crippen LogP contribution in [-0.2, 0) is 0 Å². The van der Waals surface area contributed by atoms with Crippen molar-refractivity contribution in [3.8, 4) is 28.7 Å². The standard InChI is InChI=1S/C23H19NO2/c1-15-3-4-18(6-5-17-11-12-21(25)14-16(17)2)22(13-15)19-7-9-20(10-8-19)23(24)26/h3-4,7-14,25H,1-2H3,(H2,24,26). The topological polar surface area (TPSA) is 63.3 Å². The van der Waals surface area contributed by atoms with Crippen molar-refractivity contribution >= 4 is 5.91 Å². The number of benzene rings is 3. The molecule has 128 valence electrons. The Balaban J connectivity index is 2.04. The Morgan fingerprint density at radius 1 is 0.885 bits per heavy atom. The lowest BCUT2D eigenvalue weighted by atomic mass is 9.96. The summed E-state index contributed by atoms with van der Waals surface area (Å²) in [5.74, 6) is 6.20. The maximum absolute atomic E-state index is 11.3. The average molecular weight is 341 g/mol. The van der Waals surface area contributed by atoms with Gasteiger partial charge in [0.25, 0.3) is 0 Å². The lowest BCUT2D eigenvalue weighted by Crippen LogP contribution is -2.10. The lowest BCUT2D eigenvalue weighted by Gasteiger charge is -2.07. The van der Waals surface area contributed by atoms with E-state index in [0.29, 0.717) is 5.56 Å². The Bertz CT molecular complexity index is 1040. The van der Waals surface area contributed by atoms with Crippen molar-refractivity contribution in [3.63, 3.8) is 0 Å². The zero-order chi connectivity index (χ0) is 18.7. The molecule has 0 fully saturated rings. The molecule has 3 rings (SSSR count). The largest absolute Gasteiger partial charge is 0.508 e. The number of amides is 1. The molecule has 0 saturated carbocycles. The van der Waals surface area contributed by atoms with Crippen LogP contribution < -0.4 is 5.73 Å². The molecule has 3 aromatic carbocycles. The van der Waals surface area contributed by atoms with E-state index in [1.165, 1.54) is 0 Å². The summed E-state index contributed by atoms with van der Waals surface area (Å²) in [6.07, 6.45) is 0. The maximum atomic E-state index is 11.3. The fourth-order valence-corrected chi connectivity index (χ4v) is 2.74. The third-order valence-corrected chi connectivity index (χ3v) is 4.20. The summed E-state index contributed by atoms with van der Waals surface area (Å²) >= 11 is 0. The summed E-state index contributed by atoms with van der Waals surface area (Å²) in [5, 5.41) is 9.53. The molecule has 0 aliphatic rings. The van der Waals surface area contributed by atoms with Crippen LogP contribution in [0.4, 0.5) is 0 Å². The van der Waals surface area contributed by atoms with E-state index in [2.05, 4.69) is 17.9 Å². The van der Waals surface area contributed by atoms with E-state index in [0.717, 1.165) is 33.4 Å². The molecule has 26 heavy (non-hydrogen) atoms. The minimum absolute atomic E-state index is 0.235. The van der Waals surface area contributed by atoms with Crippen molar-refractivity contribution in [2.24, 2.45) is 5.73 Å². The Morgan fingerprint density at radius 2 is 1.54 bits per heavy atom. The Kier molecular flexibility index (Phi) is 4.77. The van der Waals surface area contributed by atoms with Crippen LogP contribution in [0.3, 0.4) is 0 Å². The molecule has 3 nitrogen and oxygen atoms in total. The first-order chi connectivity index (χ1) is 12.4. The summed E-state index contributed by atoms with van der Waals surface area (Å²) in [5.41, 5.74) is 11.6. The summed E-state index contributed by atoms with van der Waals surface area (Å²) in [6, 6.07) is 18.4. The minimum Gasteiger partial charge on any atom is -0.508 e. The number of aryl methyl sites for hydroxylation is 2. The quantitative estimate of drug-likeness (QED) is 0.687. The van der Waals surface area contributed by atoms with Crippen molar-refractivity contribution in [3.05, 3.63) is 88.5 Å². The van der Waals surface area contributed by atoms with Crippen molar-refractivity contribution in [1.82, 2.24) is 0 Å². The molecule has 0 unspecified atom stereocenters. The molecule has 3 heteroatoms. The fraction of sp³-hybridized carbons (Fsp3) is 0.0870. The van der Waals surface area contributed by atoms with Gasteiger partial charge in [-0.15, -0.1) is 0 Å². The van der Waals surface area contributed by atoms with Gasteiger partial charge in [0.1, 0.15) is 5.75 Å². The third kappa shape index (κ3) is 3.76. The number of carbonyl (C=O) groups excluding carboxylic acids is 1. The van der Waals surface area contributed by atoms with E-state index in [-0.39, 0.29) is 5.75 Å². The smallest absolute Gasteiger partial charge is 0.248 e. The van der Waals surface area contributed by atoms with Gasteiger partial charge < -0.3 is 10.8 Å². The van der Waals surface area contributed by atoms with Crippen molar-refractivity contribution in [2.45, 2.75) is 13.8 Å². The van der Waals surface area contributed by atoms with Crippen molar-refractivity contribution in [1.29, 1.82) is 0 Å². The number of phenols is 1. The number of phenolic OH excluding ortho intramolecular Hbond substituents is 1. The van der Waals surface area contributed by atoms with Crippen LogP contribution in [0, 0.1) is 25.7 Å². The van der Waals surface area contributed by atoms with Crippen LogP contribution in [0.1, 0.15) is 32.6 Å². The van der Waals surface area contributed by atoms with Gasteiger partial charge in [-0.05, 0) is 66.9 Å². The second-order valence-corrected chi connectivity index (χ2v) is 6.24. The highest BCUT2D eigenvalue weighted by molar-refractivity contribution is 5.93. The number of rotatable bonds is 2. The first kappa shape index (κ1) is 17.3. The second-order valence-electron chi connectivity index (χ2n) is 6.24. The zero-order valence-corrected chi connectivity index (χ0v) is 14.7. The monoisotopic (exact) mass is 341 g/mol. The van der Waals surface area contributed by atoms with Crippen molar-refractivity contribution < 1.29 is 9.90 Å². The Morgan fingerprint density at radius 3 is 2.19 bits per heavy atom. The van der Waals surface area contributed by atoms with E-state index < -0.39 is 5.91 Å². The second kappa shape index (κ2) is 7.16. The summed E-state index contributed by atoms with van der Waals surface area (Å²) in [4.78, 5) is 11.3. The molecule has 0 radical (unpaired) electrons. The normalized spacial score (nSPS) is 10.1. The van der Waals surface area contributed by atoms with E-state index in [1.807, 2.05) is 44.2 Å². The van der Waals surface area contributed by atoms with E-state index in [4.69, 9.17) is 5.73 Å². The molecule has 1 amide bonds. The third-order valence-electron chi connectivity index (χ3n) is 4.20. The van der Waals surface area contributed by atoms with Crippen LogP contribution in [0.15, 0.2) is 60.7 Å². The van der Waals surface area contributed by atoms with Crippen LogP contribution >= 0.6 is 0 Å². The van der Waals surface area contributed by atoms with Gasteiger partial charge in [0, 0.05) is 16.7 Å². The number of carbonyl (C=O) groups is 1. The first-order valence-electron chi connectivity index (χ1n) is 8.26. The highest BCUT2D eigenvalue weighted by atomic mass is 16.3. The Hall–Kier alpha value is -3.51. The van der Waals surface area contributed by atoms with Gasteiger partial charge in [0.05, 0.1) is 0 Å². The highest BCUT2D eigenvalue weighted by Crippen LogP contribution is 2.25. The Labute approximate surface area is 153 Å². The van der Waals surface area contributed by atoms with Gasteiger partial charge in [-0.25, -0.2) is 0 Å². The average Bonchev–Trinajstić information content (AvgIpc) is 2.62. The summed E-state index contributed by atoms with van der Waals surface area (Å²) in [7, 11) is 0. The summed E-state index contributed by atoms with van der Waals surface area (Å²) in [6.45, 7) is 3.95. The molecule has 0 bridgehead atoms. The van der Waals surface area contributed by atoms with Gasteiger partial charge in [-0.1, -0.05) is 41.7 Å². The van der Waals surface area contributed by atoms with Gasteiger partial charge in [0.15, 0.2) is 0 Å². The first-order valence-corrected chi connectivity index (χ1v) is 8.26. The van der Waals surface area contributed by atoms with Gasteiger partial charge in [-0.2, -0.15) is 0 Å². The molecule has 3 aromatic rings. The van der Waals surface area contributed by atoms with Crippen LogP contribution in [0.2, 0.25) is 0 Å². The van der Waals surface area contributed by atoms with Crippen molar-refractivity contribution in [2.75, 3.05) is 0 Å². The predicted molar refractivity (Wildman–Crippen MR) is 104 cm³/mol. The minimum atomic E-state index is -0.441. The molecule has 0 aliphatic heterocycles. The molecule has 0 aliphatic carbocycles. The molecular weight excluding hydrogens is 322 g/mol. The maximum Gasteiger partial charge on any atom is 0.248 e. The number of hydrogen-bond donors (Lipinski definition) is 2. The van der Waals surface area contributed by atoms with Gasteiger partial charge in [0.2, 0.25) is 5.91 Å². The molecule has 0 aromatic heterocycles. The van der Waals surface area contributed by atoms with E-state index >= 15 is 0 Å².